The van der Waals surface area contributed by atoms with Crippen LogP contribution in [0.15, 0.2) is 36.5 Å². The third kappa shape index (κ3) is 3.51. The number of aliphatic hydroxyl groups excluding tert-OH is 1. The van der Waals surface area contributed by atoms with Crippen molar-refractivity contribution in [2.75, 3.05) is 13.2 Å². The van der Waals surface area contributed by atoms with Gasteiger partial charge in [-0.1, -0.05) is 18.2 Å². The average Bonchev–Trinajstić information content (AvgIpc) is 2.46. The van der Waals surface area contributed by atoms with Gasteiger partial charge in [0, 0.05) is 24.7 Å². The maximum atomic E-state index is 12.1. The quantitative estimate of drug-likeness (QED) is 0.780. The van der Waals surface area contributed by atoms with Crippen LogP contribution in [0.2, 0.25) is 0 Å². The molecule has 0 saturated heterocycles. The molecular formula is C15H18N2O2. The highest BCUT2D eigenvalue weighted by molar-refractivity contribution is 6.05. The SMILES string of the molecule is O=C(NCCCCCO)c1ccnc2ccccc12. The highest BCUT2D eigenvalue weighted by atomic mass is 16.2. The van der Waals surface area contributed by atoms with Gasteiger partial charge in [0.05, 0.1) is 11.1 Å². The summed E-state index contributed by atoms with van der Waals surface area (Å²) in [6, 6.07) is 9.36. The molecule has 1 aromatic carbocycles. The lowest BCUT2D eigenvalue weighted by Crippen LogP contribution is -2.24. The molecule has 1 amide bonds. The average molecular weight is 258 g/mol. The summed E-state index contributed by atoms with van der Waals surface area (Å²) in [5, 5.41) is 12.5. The fourth-order valence-corrected chi connectivity index (χ4v) is 2.00. The number of pyridine rings is 1. The van der Waals surface area contributed by atoms with Crippen LogP contribution in [0.5, 0.6) is 0 Å². The Morgan fingerprint density at radius 1 is 1.16 bits per heavy atom. The first-order valence-electron chi connectivity index (χ1n) is 6.56. The molecule has 1 heterocycles. The number of nitrogens with one attached hydrogen (secondary N) is 1. The molecule has 0 aliphatic carbocycles. The Labute approximate surface area is 112 Å². The smallest absolute Gasteiger partial charge is 0.252 e. The molecular weight excluding hydrogens is 240 g/mol. The number of amides is 1. The summed E-state index contributed by atoms with van der Waals surface area (Å²) in [5.41, 5.74) is 1.49. The Bertz CT molecular complexity index is 549. The Hall–Kier alpha value is -1.94. The highest BCUT2D eigenvalue weighted by Crippen LogP contribution is 2.15. The molecule has 0 bridgehead atoms. The highest BCUT2D eigenvalue weighted by Gasteiger charge is 2.09. The third-order valence-electron chi connectivity index (χ3n) is 3.01. The van der Waals surface area contributed by atoms with E-state index < -0.39 is 0 Å². The van der Waals surface area contributed by atoms with Gasteiger partial charge < -0.3 is 10.4 Å². The van der Waals surface area contributed by atoms with Gasteiger partial charge in [-0.2, -0.15) is 0 Å². The Morgan fingerprint density at radius 3 is 2.84 bits per heavy atom. The molecule has 1 aromatic heterocycles. The first kappa shape index (κ1) is 13.5. The largest absolute Gasteiger partial charge is 0.396 e. The van der Waals surface area contributed by atoms with E-state index in [0.29, 0.717) is 12.1 Å². The number of carbonyl (C=O) groups excluding carboxylic acids is 1. The van der Waals surface area contributed by atoms with Gasteiger partial charge in [-0.05, 0) is 31.4 Å². The normalized spacial score (nSPS) is 10.6. The second-order valence-electron chi connectivity index (χ2n) is 4.42. The van der Waals surface area contributed by atoms with Crippen LogP contribution in [-0.4, -0.2) is 29.1 Å². The fourth-order valence-electron chi connectivity index (χ4n) is 2.00. The number of para-hydroxylation sites is 1. The van der Waals surface area contributed by atoms with E-state index in [0.717, 1.165) is 30.2 Å². The van der Waals surface area contributed by atoms with E-state index in [1.54, 1.807) is 12.3 Å². The Kier molecular flexibility index (Phi) is 4.86. The van der Waals surface area contributed by atoms with Gasteiger partial charge in [0.2, 0.25) is 0 Å². The van der Waals surface area contributed by atoms with Crippen LogP contribution >= 0.6 is 0 Å². The van der Waals surface area contributed by atoms with Crippen LogP contribution in [0, 0.1) is 0 Å². The zero-order valence-electron chi connectivity index (χ0n) is 10.8. The lowest BCUT2D eigenvalue weighted by molar-refractivity contribution is 0.0954. The zero-order chi connectivity index (χ0) is 13.5. The standard InChI is InChI=1S/C15H18N2O2/c18-11-5-1-4-9-17-15(19)13-8-10-16-14-7-3-2-6-12(13)14/h2-3,6-8,10,18H,1,4-5,9,11H2,(H,17,19). The number of rotatable bonds is 6. The second-order valence-corrected chi connectivity index (χ2v) is 4.42. The molecule has 0 aliphatic rings. The first-order valence-corrected chi connectivity index (χ1v) is 6.56. The maximum Gasteiger partial charge on any atom is 0.252 e. The van der Waals surface area contributed by atoms with Crippen molar-refractivity contribution in [2.24, 2.45) is 0 Å². The molecule has 0 radical (unpaired) electrons. The van der Waals surface area contributed by atoms with Gasteiger partial charge in [0.25, 0.3) is 5.91 Å². The van der Waals surface area contributed by atoms with Gasteiger partial charge in [0.15, 0.2) is 0 Å². The van der Waals surface area contributed by atoms with Gasteiger partial charge in [-0.15, -0.1) is 0 Å². The Morgan fingerprint density at radius 2 is 2.00 bits per heavy atom. The number of unbranched alkanes of at least 4 members (excludes halogenated alkanes) is 2. The predicted molar refractivity (Wildman–Crippen MR) is 75.0 cm³/mol. The first-order chi connectivity index (χ1) is 9.33. The summed E-state index contributed by atoms with van der Waals surface area (Å²) < 4.78 is 0. The van der Waals surface area contributed by atoms with Gasteiger partial charge in [-0.25, -0.2) is 0 Å². The van der Waals surface area contributed by atoms with Crippen molar-refractivity contribution in [2.45, 2.75) is 19.3 Å². The molecule has 0 fully saturated rings. The van der Waals surface area contributed by atoms with Crippen LogP contribution in [0.4, 0.5) is 0 Å². The summed E-state index contributed by atoms with van der Waals surface area (Å²) in [5.74, 6) is -0.0670. The van der Waals surface area contributed by atoms with Crippen molar-refractivity contribution < 1.29 is 9.90 Å². The number of fused-ring (bicyclic) bond motifs is 1. The number of hydrogen-bond donors (Lipinski definition) is 2. The fraction of sp³-hybridized carbons (Fsp3) is 0.333. The molecule has 4 nitrogen and oxygen atoms in total. The molecule has 19 heavy (non-hydrogen) atoms. The molecule has 2 aromatic rings. The summed E-state index contributed by atoms with van der Waals surface area (Å²) in [4.78, 5) is 16.3. The number of nitrogens with zero attached hydrogens (tertiary/aromatic N) is 1. The van der Waals surface area contributed by atoms with Gasteiger partial charge in [0.1, 0.15) is 0 Å². The van der Waals surface area contributed by atoms with E-state index in [1.165, 1.54) is 0 Å². The monoisotopic (exact) mass is 258 g/mol. The van der Waals surface area contributed by atoms with Crippen molar-refractivity contribution >= 4 is 16.8 Å². The second kappa shape index (κ2) is 6.85. The van der Waals surface area contributed by atoms with E-state index in [9.17, 15) is 4.79 Å². The summed E-state index contributed by atoms with van der Waals surface area (Å²) in [6.07, 6.45) is 4.25. The van der Waals surface area contributed by atoms with Crippen LogP contribution in [-0.2, 0) is 0 Å². The van der Waals surface area contributed by atoms with E-state index in [1.807, 2.05) is 24.3 Å². The van der Waals surface area contributed by atoms with Crippen molar-refractivity contribution in [3.8, 4) is 0 Å². The minimum absolute atomic E-state index is 0.0670. The van der Waals surface area contributed by atoms with E-state index in [4.69, 9.17) is 5.11 Å². The molecule has 2 rings (SSSR count). The van der Waals surface area contributed by atoms with Crippen molar-refractivity contribution in [1.82, 2.24) is 10.3 Å². The van der Waals surface area contributed by atoms with Crippen LogP contribution < -0.4 is 5.32 Å². The third-order valence-corrected chi connectivity index (χ3v) is 3.01. The van der Waals surface area contributed by atoms with Crippen LogP contribution in [0.25, 0.3) is 10.9 Å². The maximum absolute atomic E-state index is 12.1. The number of aliphatic hydroxyl groups is 1. The van der Waals surface area contributed by atoms with Crippen molar-refractivity contribution in [1.29, 1.82) is 0 Å². The molecule has 0 unspecified atom stereocenters. The zero-order valence-corrected chi connectivity index (χ0v) is 10.8. The minimum Gasteiger partial charge on any atom is -0.396 e. The number of aromatic nitrogens is 1. The van der Waals surface area contributed by atoms with E-state index in [2.05, 4.69) is 10.3 Å². The minimum atomic E-state index is -0.0670. The molecule has 0 aliphatic heterocycles. The van der Waals surface area contributed by atoms with Gasteiger partial charge in [-0.3, -0.25) is 9.78 Å². The van der Waals surface area contributed by atoms with Crippen molar-refractivity contribution in [3.63, 3.8) is 0 Å². The molecule has 2 N–H and O–H groups in total. The molecule has 0 spiro atoms. The summed E-state index contributed by atoms with van der Waals surface area (Å²) in [7, 11) is 0. The number of benzene rings is 1. The molecule has 0 saturated carbocycles. The molecule has 4 heteroatoms. The Balaban J connectivity index is 2.01. The van der Waals surface area contributed by atoms with Crippen molar-refractivity contribution in [3.05, 3.63) is 42.1 Å². The van der Waals surface area contributed by atoms with Gasteiger partial charge >= 0.3 is 0 Å². The van der Waals surface area contributed by atoms with Crippen LogP contribution in [0.1, 0.15) is 29.6 Å². The lowest BCUT2D eigenvalue weighted by Gasteiger charge is -2.07. The van der Waals surface area contributed by atoms with E-state index in [-0.39, 0.29) is 12.5 Å². The van der Waals surface area contributed by atoms with Crippen LogP contribution in [0.3, 0.4) is 0 Å². The van der Waals surface area contributed by atoms with E-state index >= 15 is 0 Å². The predicted octanol–water partition coefficient (Wildman–Crippen LogP) is 2.13. The number of hydrogen-bond acceptors (Lipinski definition) is 3. The topological polar surface area (TPSA) is 62.2 Å². The molecule has 100 valence electrons. The summed E-state index contributed by atoms with van der Waals surface area (Å²) >= 11 is 0. The summed E-state index contributed by atoms with van der Waals surface area (Å²) in [6.45, 7) is 0.846. The number of carbonyl (C=O) groups is 1. The lowest BCUT2D eigenvalue weighted by atomic mass is 10.1. The molecule has 0 atom stereocenters.